The lowest BCUT2D eigenvalue weighted by Crippen LogP contribution is -3.09. The van der Waals surface area contributed by atoms with Gasteiger partial charge in [0.1, 0.15) is 6.61 Å². The van der Waals surface area contributed by atoms with Crippen LogP contribution in [0.4, 0.5) is 83.4 Å². The van der Waals surface area contributed by atoms with Gasteiger partial charge in [0.15, 0.2) is 0 Å². The molecule has 0 atom stereocenters. The zero-order chi connectivity index (χ0) is 26.7. The molecule has 0 amide bonds. The summed E-state index contributed by atoms with van der Waals surface area (Å²) in [6, 6.07) is 0. The van der Waals surface area contributed by atoms with Crippen molar-refractivity contribution in [1.29, 1.82) is 0 Å². The predicted octanol–water partition coefficient (Wildman–Crippen LogP) is 5.21. The van der Waals surface area contributed by atoms with Crippen molar-refractivity contribution in [3.8, 4) is 0 Å². The van der Waals surface area contributed by atoms with E-state index in [4.69, 9.17) is 5.11 Å². The van der Waals surface area contributed by atoms with E-state index in [0.717, 1.165) is 0 Å². The van der Waals surface area contributed by atoms with Gasteiger partial charge in [-0.3, -0.25) is 0 Å². The summed E-state index contributed by atoms with van der Waals surface area (Å²) in [4.78, 5) is 0. The van der Waals surface area contributed by atoms with Crippen molar-refractivity contribution in [1.82, 2.24) is 0 Å². The fourth-order valence-electron chi connectivity index (χ4n) is 4.82. The summed E-state index contributed by atoms with van der Waals surface area (Å²) in [7, 11) is 0. The second-order valence-electron chi connectivity index (χ2n) is 7.61. The van der Waals surface area contributed by atoms with E-state index in [-0.39, 0.29) is 0 Å². The first-order valence-electron chi connectivity index (χ1n) is 7.76. The van der Waals surface area contributed by atoms with Gasteiger partial charge in [-0.25, -0.2) is 39.5 Å². The second kappa shape index (κ2) is 5.24. The summed E-state index contributed by atoms with van der Waals surface area (Å²) >= 11 is 0. The summed E-state index contributed by atoms with van der Waals surface area (Å²) in [5.41, 5.74) is -33.9. The Kier molecular flexibility index (Phi) is 4.17. The Morgan fingerprint density at radius 2 is 0.636 bits per heavy atom. The summed E-state index contributed by atoms with van der Waals surface area (Å²) in [5.74, 6) is -66.8. The molecule has 4 aliphatic rings. The molecule has 4 saturated carbocycles. The highest BCUT2D eigenvalue weighted by Gasteiger charge is 3.25. The van der Waals surface area contributed by atoms with Gasteiger partial charge in [0.2, 0.25) is 5.41 Å². The van der Waals surface area contributed by atoms with E-state index in [1.807, 2.05) is 0 Å². The van der Waals surface area contributed by atoms with Crippen LogP contribution in [-0.2, 0) is 0 Å². The molecule has 0 unspecified atom stereocenters. The third kappa shape index (κ3) is 1.54. The molecule has 20 heteroatoms. The molecule has 0 radical (unpaired) electrons. The van der Waals surface area contributed by atoms with Crippen LogP contribution in [-0.4, -0.2) is 76.1 Å². The van der Waals surface area contributed by atoms with Gasteiger partial charge in [-0.2, -0.15) is 43.9 Å². The van der Waals surface area contributed by atoms with Crippen LogP contribution < -0.4 is 0 Å². The minimum Gasteiger partial charge on any atom is -0.390 e. The Balaban J connectivity index is 2.80. The third-order valence-electron chi connectivity index (χ3n) is 6.44. The van der Waals surface area contributed by atoms with Crippen LogP contribution in [0.2, 0.25) is 0 Å². The summed E-state index contributed by atoms with van der Waals surface area (Å²) in [6.45, 7) is -3.80. The van der Waals surface area contributed by atoms with E-state index >= 15 is 0 Å². The Labute approximate surface area is 166 Å². The van der Waals surface area contributed by atoms with Gasteiger partial charge in [0.25, 0.3) is 0 Å². The maximum Gasteiger partial charge on any atom is 0.339 e. The van der Waals surface area contributed by atoms with Crippen molar-refractivity contribution < 1.29 is 88.5 Å². The molecule has 33 heavy (non-hydrogen) atoms. The van der Waals surface area contributed by atoms with Crippen molar-refractivity contribution in [2.75, 3.05) is 6.61 Å². The molecule has 0 saturated heterocycles. The van der Waals surface area contributed by atoms with E-state index in [1.165, 1.54) is 0 Å². The standard InChI is InChI=1S/C13H3F19O/c14-2(15,1-33)7(19,20)3-8(21,22)4(16)11(27,28)5(17,9(3,23)24)13(31,32)6(18,10(3,25)26)12(4,29)30/h33H,1H2. The van der Waals surface area contributed by atoms with Gasteiger partial charge in [-0.05, 0) is 0 Å². The molecule has 0 heterocycles. The average Bonchev–Trinajstić information content (AvgIpc) is 2.61. The summed E-state index contributed by atoms with van der Waals surface area (Å²) in [6.07, 6.45) is 0. The summed E-state index contributed by atoms with van der Waals surface area (Å²) < 4.78 is 271. The molecule has 0 aromatic rings. The molecular formula is C13H3F19O. The van der Waals surface area contributed by atoms with E-state index in [0.29, 0.717) is 0 Å². The lowest BCUT2D eigenvalue weighted by molar-refractivity contribution is -0.634. The van der Waals surface area contributed by atoms with E-state index in [2.05, 4.69) is 0 Å². The van der Waals surface area contributed by atoms with Crippen molar-refractivity contribution in [2.45, 2.75) is 64.4 Å². The Morgan fingerprint density at radius 1 is 0.424 bits per heavy atom. The lowest BCUT2D eigenvalue weighted by Gasteiger charge is -2.76. The smallest absolute Gasteiger partial charge is 0.339 e. The number of hydrogen-bond acceptors (Lipinski definition) is 1. The van der Waals surface area contributed by atoms with Crippen LogP contribution >= 0.6 is 0 Å². The molecule has 0 aliphatic heterocycles. The molecular weight excluding hydrogens is 533 g/mol. The predicted molar refractivity (Wildman–Crippen MR) is 60.6 cm³/mol. The Morgan fingerprint density at radius 3 is 0.818 bits per heavy atom. The number of halogens is 19. The largest absolute Gasteiger partial charge is 0.390 e. The van der Waals surface area contributed by atoms with Crippen LogP contribution in [0.1, 0.15) is 0 Å². The first kappa shape index (κ1) is 26.2. The normalized spacial score (nSPS) is 45.8. The molecule has 1 N–H and O–H groups in total. The first-order chi connectivity index (χ1) is 14.1. The van der Waals surface area contributed by atoms with Gasteiger partial charge in [-0.15, -0.1) is 0 Å². The van der Waals surface area contributed by atoms with Crippen molar-refractivity contribution in [2.24, 2.45) is 5.41 Å². The molecule has 0 aromatic carbocycles. The Bertz CT molecular complexity index is 790. The molecule has 4 aliphatic carbocycles. The highest BCUT2D eigenvalue weighted by Crippen LogP contribution is 2.93. The van der Waals surface area contributed by atoms with Crippen molar-refractivity contribution in [3.63, 3.8) is 0 Å². The van der Waals surface area contributed by atoms with Crippen LogP contribution in [0.5, 0.6) is 0 Å². The van der Waals surface area contributed by atoms with Crippen LogP contribution in [0.3, 0.4) is 0 Å². The monoisotopic (exact) mass is 536 g/mol. The average molecular weight is 536 g/mol. The third-order valence-corrected chi connectivity index (χ3v) is 6.44. The molecule has 4 bridgehead atoms. The van der Waals surface area contributed by atoms with Crippen LogP contribution in [0.15, 0.2) is 0 Å². The number of aliphatic hydroxyl groups is 1. The number of rotatable bonds is 3. The van der Waals surface area contributed by atoms with Crippen molar-refractivity contribution in [3.05, 3.63) is 0 Å². The fraction of sp³-hybridized carbons (Fsp3) is 1.00. The van der Waals surface area contributed by atoms with Gasteiger partial charge >= 0.3 is 64.4 Å². The minimum atomic E-state index is -8.69. The fourth-order valence-corrected chi connectivity index (χ4v) is 4.82. The van der Waals surface area contributed by atoms with Gasteiger partial charge in [0, 0.05) is 0 Å². The van der Waals surface area contributed by atoms with Gasteiger partial charge in [0.05, 0.1) is 0 Å². The number of aliphatic hydroxyl groups excluding tert-OH is 1. The van der Waals surface area contributed by atoms with E-state index in [1.54, 1.807) is 0 Å². The molecule has 1 nitrogen and oxygen atoms in total. The minimum absolute atomic E-state index is 3.80. The number of alkyl halides is 19. The van der Waals surface area contributed by atoms with Gasteiger partial charge in [-0.1, -0.05) is 0 Å². The van der Waals surface area contributed by atoms with Crippen molar-refractivity contribution >= 4 is 0 Å². The number of hydrogen-bond donors (Lipinski definition) is 1. The zero-order valence-electron chi connectivity index (χ0n) is 14.3. The first-order valence-corrected chi connectivity index (χ1v) is 7.76. The maximum absolute atomic E-state index is 14.6. The molecule has 4 fully saturated rings. The SMILES string of the molecule is OCC(F)(F)C(F)(F)C12C(F)(F)C3(F)C(F)(F)C(F)(C(F)(F)C(F)(C3(F)F)C1(F)F)C2(F)F. The van der Waals surface area contributed by atoms with E-state index in [9.17, 15) is 83.4 Å². The van der Waals surface area contributed by atoms with Gasteiger partial charge < -0.3 is 5.11 Å². The maximum atomic E-state index is 14.6. The topological polar surface area (TPSA) is 20.2 Å². The highest BCUT2D eigenvalue weighted by molar-refractivity contribution is 5.54. The molecule has 0 spiro atoms. The summed E-state index contributed by atoms with van der Waals surface area (Å²) in [5, 5.41) is 8.15. The van der Waals surface area contributed by atoms with E-state index < -0.39 is 76.4 Å². The highest BCUT2D eigenvalue weighted by atomic mass is 19.4. The molecule has 4 rings (SSSR count). The lowest BCUT2D eigenvalue weighted by atomic mass is 9.35. The molecule has 194 valence electrons. The second-order valence-corrected chi connectivity index (χ2v) is 7.61. The quantitative estimate of drug-likeness (QED) is 0.492. The van der Waals surface area contributed by atoms with Crippen LogP contribution in [0.25, 0.3) is 0 Å². The Hall–Kier alpha value is -1.37. The zero-order valence-corrected chi connectivity index (χ0v) is 14.3. The van der Waals surface area contributed by atoms with Crippen LogP contribution in [0, 0.1) is 5.41 Å². The molecule has 0 aromatic heterocycles.